The van der Waals surface area contributed by atoms with Crippen molar-refractivity contribution < 1.29 is 20.1 Å². The summed E-state index contributed by atoms with van der Waals surface area (Å²) < 4.78 is 6.01. The van der Waals surface area contributed by atoms with Crippen molar-refractivity contribution in [1.82, 2.24) is 9.88 Å². The van der Waals surface area contributed by atoms with Crippen LogP contribution in [0.2, 0.25) is 0 Å². The monoisotopic (exact) mass is 356 g/mol. The van der Waals surface area contributed by atoms with Crippen molar-refractivity contribution in [1.29, 1.82) is 0 Å². The highest BCUT2D eigenvalue weighted by Crippen LogP contribution is 2.43. The minimum atomic E-state index is -0.762. The van der Waals surface area contributed by atoms with Crippen molar-refractivity contribution >= 4 is 0 Å². The van der Waals surface area contributed by atoms with Crippen LogP contribution in [0.1, 0.15) is 24.6 Å². The standard InChI is InChI=1S/C20H24N2O4/c23-15-6-7-18(21-10-15)19(24)12-22-11-14-8-17(9-20(14,25)13-22)26-16-4-2-1-3-5-16/h1-7,10,14,17,19,23-25H,8-9,11-13H2/t14-,17+,19?,20-/m0/s1. The van der Waals surface area contributed by atoms with Gasteiger partial charge in [-0.2, -0.15) is 0 Å². The maximum atomic E-state index is 11.0. The van der Waals surface area contributed by atoms with Crippen LogP contribution in [0.25, 0.3) is 0 Å². The fourth-order valence-electron chi connectivity index (χ4n) is 4.24. The first-order chi connectivity index (χ1) is 12.5. The van der Waals surface area contributed by atoms with Crippen LogP contribution in [0.3, 0.4) is 0 Å². The van der Waals surface area contributed by atoms with Crippen molar-refractivity contribution in [2.24, 2.45) is 5.92 Å². The van der Waals surface area contributed by atoms with Crippen LogP contribution >= 0.6 is 0 Å². The van der Waals surface area contributed by atoms with Gasteiger partial charge in [0.1, 0.15) is 23.7 Å². The number of hydrogen-bond acceptors (Lipinski definition) is 6. The van der Waals surface area contributed by atoms with Crippen LogP contribution in [0.15, 0.2) is 48.7 Å². The third kappa shape index (κ3) is 3.53. The molecule has 1 aliphatic heterocycles. The van der Waals surface area contributed by atoms with Crippen LogP contribution in [0.4, 0.5) is 0 Å². The number of aliphatic hydroxyl groups is 2. The van der Waals surface area contributed by atoms with E-state index in [0.717, 1.165) is 18.7 Å². The lowest BCUT2D eigenvalue weighted by molar-refractivity contribution is 0.0177. The molecule has 6 nitrogen and oxygen atoms in total. The Balaban J connectivity index is 1.33. The fraction of sp³-hybridized carbons (Fsp3) is 0.450. The summed E-state index contributed by atoms with van der Waals surface area (Å²) in [5, 5.41) is 30.7. The lowest BCUT2D eigenvalue weighted by Gasteiger charge is -2.24. The molecule has 0 amide bonds. The van der Waals surface area contributed by atoms with Crippen LogP contribution in [0, 0.1) is 5.92 Å². The van der Waals surface area contributed by atoms with Gasteiger partial charge >= 0.3 is 0 Å². The average molecular weight is 356 g/mol. The molecule has 1 saturated heterocycles. The number of β-amino-alcohol motifs (C(OH)–C–C–N with tert-alkyl or cyclic N) is 2. The molecule has 3 N–H and O–H groups in total. The average Bonchev–Trinajstić information content (AvgIpc) is 3.06. The molecule has 1 aromatic heterocycles. The number of para-hydroxylation sites is 1. The SMILES string of the molecule is Oc1ccc(C(O)CN2C[C@@H]3C[C@@H](Oc4ccccc4)C[C@]3(O)C2)nc1. The summed E-state index contributed by atoms with van der Waals surface area (Å²) in [4.78, 5) is 6.15. The van der Waals surface area contributed by atoms with E-state index >= 15 is 0 Å². The van der Waals surface area contributed by atoms with Gasteiger partial charge in [-0.1, -0.05) is 18.2 Å². The van der Waals surface area contributed by atoms with E-state index in [2.05, 4.69) is 9.88 Å². The largest absolute Gasteiger partial charge is 0.506 e. The highest BCUT2D eigenvalue weighted by Gasteiger charge is 2.52. The summed E-state index contributed by atoms with van der Waals surface area (Å²) in [5.74, 6) is 1.07. The zero-order valence-corrected chi connectivity index (χ0v) is 14.5. The Morgan fingerprint density at radius 3 is 2.73 bits per heavy atom. The number of ether oxygens (including phenoxy) is 1. The number of pyridine rings is 1. The Morgan fingerprint density at radius 2 is 2.04 bits per heavy atom. The highest BCUT2D eigenvalue weighted by molar-refractivity contribution is 5.22. The van der Waals surface area contributed by atoms with E-state index in [4.69, 9.17) is 4.74 Å². The Labute approximate surface area is 152 Å². The number of aromatic hydroxyl groups is 1. The Kier molecular flexibility index (Phi) is 4.56. The smallest absolute Gasteiger partial charge is 0.133 e. The van der Waals surface area contributed by atoms with E-state index in [0.29, 0.717) is 25.2 Å². The van der Waals surface area contributed by atoms with Gasteiger partial charge < -0.3 is 20.1 Å². The molecular weight excluding hydrogens is 332 g/mol. The number of fused-ring (bicyclic) bond motifs is 1. The van der Waals surface area contributed by atoms with Crippen molar-refractivity contribution in [2.75, 3.05) is 19.6 Å². The van der Waals surface area contributed by atoms with Gasteiger partial charge in [0.15, 0.2) is 0 Å². The lowest BCUT2D eigenvalue weighted by atomic mass is 9.95. The minimum Gasteiger partial charge on any atom is -0.506 e. The van der Waals surface area contributed by atoms with Gasteiger partial charge in [0.2, 0.25) is 0 Å². The second kappa shape index (κ2) is 6.87. The predicted octanol–water partition coefficient (Wildman–Crippen LogP) is 1.72. The highest BCUT2D eigenvalue weighted by atomic mass is 16.5. The number of nitrogens with zero attached hydrogens (tertiary/aromatic N) is 2. The molecular formula is C20H24N2O4. The first-order valence-corrected chi connectivity index (χ1v) is 9.01. The molecule has 4 atom stereocenters. The molecule has 0 bridgehead atoms. The number of rotatable bonds is 5. The van der Waals surface area contributed by atoms with E-state index in [1.807, 2.05) is 30.3 Å². The maximum Gasteiger partial charge on any atom is 0.133 e. The van der Waals surface area contributed by atoms with E-state index in [1.165, 1.54) is 12.3 Å². The molecule has 1 saturated carbocycles. The number of hydrogen-bond donors (Lipinski definition) is 3. The molecule has 1 aromatic carbocycles. The topological polar surface area (TPSA) is 86.1 Å². The first kappa shape index (κ1) is 17.3. The van der Waals surface area contributed by atoms with Gasteiger partial charge in [-0.25, -0.2) is 0 Å². The van der Waals surface area contributed by atoms with E-state index in [-0.39, 0.29) is 17.8 Å². The van der Waals surface area contributed by atoms with E-state index in [9.17, 15) is 15.3 Å². The predicted molar refractivity (Wildman–Crippen MR) is 95.8 cm³/mol. The summed E-state index contributed by atoms with van der Waals surface area (Å²) in [5.41, 5.74) is -0.237. The van der Waals surface area contributed by atoms with Crippen LogP contribution in [0.5, 0.6) is 11.5 Å². The molecule has 1 unspecified atom stereocenters. The van der Waals surface area contributed by atoms with Gasteiger partial charge in [-0.3, -0.25) is 9.88 Å². The molecule has 0 radical (unpaired) electrons. The summed E-state index contributed by atoms with van der Waals surface area (Å²) >= 11 is 0. The maximum absolute atomic E-state index is 11.0. The third-order valence-electron chi connectivity index (χ3n) is 5.45. The number of likely N-dealkylation sites (tertiary alicyclic amines) is 1. The van der Waals surface area contributed by atoms with Crippen molar-refractivity contribution in [3.05, 3.63) is 54.4 Å². The fourth-order valence-corrected chi connectivity index (χ4v) is 4.24. The van der Waals surface area contributed by atoms with Gasteiger partial charge in [0.05, 0.1) is 17.5 Å². The first-order valence-electron chi connectivity index (χ1n) is 9.01. The Hall–Kier alpha value is -2.15. The van der Waals surface area contributed by atoms with Gasteiger partial charge in [0, 0.05) is 32.0 Å². The van der Waals surface area contributed by atoms with Crippen molar-refractivity contribution in [3.8, 4) is 11.5 Å². The molecule has 2 aliphatic rings. The van der Waals surface area contributed by atoms with Crippen LogP contribution in [-0.4, -0.2) is 56.5 Å². The van der Waals surface area contributed by atoms with Crippen molar-refractivity contribution in [3.63, 3.8) is 0 Å². The van der Waals surface area contributed by atoms with E-state index < -0.39 is 11.7 Å². The molecule has 2 heterocycles. The second-order valence-electron chi connectivity index (χ2n) is 7.44. The third-order valence-corrected chi connectivity index (χ3v) is 5.45. The second-order valence-corrected chi connectivity index (χ2v) is 7.44. The molecule has 0 spiro atoms. The summed E-state index contributed by atoms with van der Waals surface area (Å²) in [6.45, 7) is 1.68. The summed E-state index contributed by atoms with van der Waals surface area (Å²) in [7, 11) is 0. The zero-order valence-electron chi connectivity index (χ0n) is 14.5. The minimum absolute atomic E-state index is 0.0261. The van der Waals surface area contributed by atoms with Gasteiger partial charge in [-0.05, 0) is 30.7 Å². The van der Waals surface area contributed by atoms with Gasteiger partial charge in [-0.15, -0.1) is 0 Å². The lowest BCUT2D eigenvalue weighted by Crippen LogP contribution is -2.36. The normalized spacial score (nSPS) is 29.5. The number of aliphatic hydroxyl groups excluding tert-OH is 1. The number of aromatic nitrogens is 1. The molecule has 1 aliphatic carbocycles. The van der Waals surface area contributed by atoms with Crippen LogP contribution < -0.4 is 4.74 Å². The Morgan fingerprint density at radius 1 is 1.23 bits per heavy atom. The van der Waals surface area contributed by atoms with Crippen molar-refractivity contribution in [2.45, 2.75) is 30.7 Å². The molecule has 138 valence electrons. The molecule has 2 fully saturated rings. The van der Waals surface area contributed by atoms with Gasteiger partial charge in [0.25, 0.3) is 0 Å². The van der Waals surface area contributed by atoms with E-state index in [1.54, 1.807) is 6.07 Å². The number of benzene rings is 1. The molecule has 4 rings (SSSR count). The Bertz CT molecular complexity index is 739. The molecule has 6 heteroatoms. The van der Waals surface area contributed by atoms with Crippen LogP contribution in [-0.2, 0) is 0 Å². The zero-order chi connectivity index (χ0) is 18.1. The molecule has 2 aromatic rings. The summed E-state index contributed by atoms with van der Waals surface area (Å²) in [6, 6.07) is 12.9. The quantitative estimate of drug-likeness (QED) is 0.756. The summed E-state index contributed by atoms with van der Waals surface area (Å²) in [6.07, 6.45) is 2.04. The molecule has 26 heavy (non-hydrogen) atoms.